The van der Waals surface area contributed by atoms with Gasteiger partial charge in [-0.1, -0.05) is 37.3 Å². The van der Waals surface area contributed by atoms with Crippen LogP contribution in [-0.4, -0.2) is 15.6 Å². The molecule has 0 saturated carbocycles. The molecule has 130 valence electrons. The smallest absolute Gasteiger partial charge is 0.264 e. The molecule has 1 fully saturated rings. The molecule has 3 aromatic rings. The Morgan fingerprint density at radius 2 is 1.92 bits per heavy atom. The number of benzene rings is 2. The summed E-state index contributed by atoms with van der Waals surface area (Å²) in [5.41, 5.74) is 4.30. The lowest BCUT2D eigenvalue weighted by Gasteiger charge is -1.98. The van der Waals surface area contributed by atoms with E-state index in [1.807, 2.05) is 43.6 Å². The number of hydrogen-bond donors (Lipinski definition) is 1. The van der Waals surface area contributed by atoms with Gasteiger partial charge in [-0.25, -0.2) is 4.99 Å². The van der Waals surface area contributed by atoms with Crippen molar-refractivity contribution in [1.82, 2.24) is 9.88 Å². The van der Waals surface area contributed by atoms with Crippen LogP contribution in [0, 0.1) is 0 Å². The van der Waals surface area contributed by atoms with Crippen molar-refractivity contribution < 1.29 is 4.79 Å². The van der Waals surface area contributed by atoms with Gasteiger partial charge in [0.25, 0.3) is 5.91 Å². The molecule has 0 radical (unpaired) electrons. The predicted molar refractivity (Wildman–Crippen MR) is 110 cm³/mol. The number of hydrogen-bond acceptors (Lipinski definition) is 3. The average molecular weight is 361 g/mol. The van der Waals surface area contributed by atoms with Gasteiger partial charge >= 0.3 is 0 Å². The summed E-state index contributed by atoms with van der Waals surface area (Å²) in [4.78, 5) is 17.5. The largest absolute Gasteiger partial charge is 0.350 e. The van der Waals surface area contributed by atoms with Crippen LogP contribution in [0.25, 0.3) is 17.0 Å². The van der Waals surface area contributed by atoms with Gasteiger partial charge in [-0.3, -0.25) is 4.79 Å². The van der Waals surface area contributed by atoms with Crippen molar-refractivity contribution >= 4 is 45.5 Å². The van der Waals surface area contributed by atoms with E-state index in [1.165, 1.54) is 17.3 Å². The van der Waals surface area contributed by atoms with Gasteiger partial charge in [-0.15, -0.1) is 0 Å². The Morgan fingerprint density at radius 1 is 1.15 bits per heavy atom. The van der Waals surface area contributed by atoms with Crippen LogP contribution in [0.4, 0.5) is 5.69 Å². The normalized spacial score (nSPS) is 17.4. The summed E-state index contributed by atoms with van der Waals surface area (Å²) in [5.74, 6) is -0.105. The molecule has 1 aliphatic rings. The van der Waals surface area contributed by atoms with Gasteiger partial charge in [0, 0.05) is 29.7 Å². The maximum Gasteiger partial charge on any atom is 0.264 e. The predicted octanol–water partition coefficient (Wildman–Crippen LogP) is 4.63. The van der Waals surface area contributed by atoms with Crippen LogP contribution in [-0.2, 0) is 18.3 Å². The summed E-state index contributed by atoms with van der Waals surface area (Å²) in [5, 5.41) is 4.61. The Labute approximate surface area is 156 Å². The zero-order chi connectivity index (χ0) is 18.1. The standard InChI is InChI=1S/C21H19N3OS/c1-3-14-8-10-16(11-9-14)22-21-23-20(25)19(26-21)12-15-13-24(2)18-7-5-4-6-17(15)18/h4-13H,3H2,1-2H3,(H,22,23,25)/b19-12+. The highest BCUT2D eigenvalue weighted by Crippen LogP contribution is 2.30. The number of aryl methyl sites for hydroxylation is 2. The second-order valence-corrected chi connectivity index (χ2v) is 7.24. The van der Waals surface area contributed by atoms with Crippen LogP contribution in [0.5, 0.6) is 0 Å². The van der Waals surface area contributed by atoms with Gasteiger partial charge in [0.2, 0.25) is 0 Å². The summed E-state index contributed by atoms with van der Waals surface area (Å²) in [7, 11) is 2.01. The van der Waals surface area contributed by atoms with E-state index in [0.29, 0.717) is 10.1 Å². The zero-order valence-electron chi connectivity index (χ0n) is 14.7. The molecule has 1 saturated heterocycles. The maximum atomic E-state index is 12.3. The van der Waals surface area contributed by atoms with Gasteiger partial charge in [0.05, 0.1) is 10.6 Å². The molecule has 1 aliphatic heterocycles. The van der Waals surface area contributed by atoms with Crippen molar-refractivity contribution in [2.45, 2.75) is 13.3 Å². The molecule has 4 nitrogen and oxygen atoms in total. The van der Waals surface area contributed by atoms with E-state index < -0.39 is 0 Å². The Morgan fingerprint density at radius 3 is 2.69 bits per heavy atom. The van der Waals surface area contributed by atoms with Crippen LogP contribution in [0.15, 0.2) is 64.6 Å². The molecule has 2 heterocycles. The Bertz CT molecular complexity index is 1040. The highest BCUT2D eigenvalue weighted by Gasteiger charge is 2.24. The number of aliphatic imine (C=N–C) groups is 1. The first-order valence-corrected chi connectivity index (χ1v) is 9.38. The number of nitrogens with zero attached hydrogens (tertiary/aromatic N) is 2. The van der Waals surface area contributed by atoms with Gasteiger partial charge in [0.1, 0.15) is 0 Å². The summed E-state index contributed by atoms with van der Waals surface area (Å²) in [6.45, 7) is 2.12. The fourth-order valence-corrected chi connectivity index (χ4v) is 3.87. The van der Waals surface area contributed by atoms with Gasteiger partial charge in [-0.2, -0.15) is 0 Å². The Kier molecular flexibility index (Phi) is 4.39. The monoisotopic (exact) mass is 361 g/mol. The molecule has 2 aromatic carbocycles. The van der Waals surface area contributed by atoms with Gasteiger partial charge in [-0.05, 0) is 48.0 Å². The van der Waals surface area contributed by atoms with Crippen molar-refractivity contribution in [3.8, 4) is 0 Å². The average Bonchev–Trinajstić information content (AvgIpc) is 3.16. The first-order chi connectivity index (χ1) is 12.6. The topological polar surface area (TPSA) is 46.4 Å². The third-order valence-corrected chi connectivity index (χ3v) is 5.35. The van der Waals surface area contributed by atoms with E-state index in [0.717, 1.165) is 28.6 Å². The molecule has 0 aliphatic carbocycles. The minimum Gasteiger partial charge on any atom is -0.350 e. The zero-order valence-corrected chi connectivity index (χ0v) is 15.5. The second kappa shape index (κ2) is 6.84. The van der Waals surface area contributed by atoms with Gasteiger partial charge in [0.15, 0.2) is 5.17 Å². The minimum atomic E-state index is -0.105. The van der Waals surface area contributed by atoms with E-state index in [-0.39, 0.29) is 5.91 Å². The minimum absolute atomic E-state index is 0.105. The lowest BCUT2D eigenvalue weighted by Crippen LogP contribution is -2.19. The van der Waals surface area contributed by atoms with Crippen molar-refractivity contribution in [2.75, 3.05) is 0 Å². The number of carbonyl (C=O) groups excluding carboxylic acids is 1. The SMILES string of the molecule is CCc1ccc(N=C2NC(=O)/C(=C\c3cn(C)c4ccccc34)S2)cc1. The van der Waals surface area contributed by atoms with E-state index in [9.17, 15) is 4.79 Å². The number of carbonyl (C=O) groups is 1. The lowest BCUT2D eigenvalue weighted by atomic mass is 10.1. The summed E-state index contributed by atoms with van der Waals surface area (Å²) >= 11 is 1.38. The lowest BCUT2D eigenvalue weighted by molar-refractivity contribution is -0.115. The number of amides is 1. The van der Waals surface area contributed by atoms with Crippen LogP contribution >= 0.6 is 11.8 Å². The van der Waals surface area contributed by atoms with Crippen LogP contribution in [0.2, 0.25) is 0 Å². The number of para-hydroxylation sites is 1. The summed E-state index contributed by atoms with van der Waals surface area (Å²) in [6.07, 6.45) is 4.98. The Hall–Kier alpha value is -2.79. The maximum absolute atomic E-state index is 12.3. The van der Waals surface area contributed by atoms with Crippen LogP contribution < -0.4 is 5.32 Å². The summed E-state index contributed by atoms with van der Waals surface area (Å²) < 4.78 is 2.07. The van der Waals surface area contributed by atoms with Crippen LogP contribution in [0.3, 0.4) is 0 Å². The molecule has 0 unspecified atom stereocenters. The molecule has 0 atom stereocenters. The fourth-order valence-electron chi connectivity index (χ4n) is 3.03. The molecule has 0 bridgehead atoms. The van der Waals surface area contributed by atoms with Crippen LogP contribution in [0.1, 0.15) is 18.1 Å². The van der Waals surface area contributed by atoms with Crippen molar-refractivity contribution in [1.29, 1.82) is 0 Å². The fraction of sp³-hybridized carbons (Fsp3) is 0.143. The molecule has 5 heteroatoms. The highest BCUT2D eigenvalue weighted by atomic mass is 32.2. The number of rotatable bonds is 3. The number of aromatic nitrogens is 1. The number of nitrogens with one attached hydrogen (secondary N) is 1. The van der Waals surface area contributed by atoms with Crippen molar-refractivity contribution in [3.05, 3.63) is 70.8 Å². The van der Waals surface area contributed by atoms with E-state index in [2.05, 4.69) is 46.1 Å². The quantitative estimate of drug-likeness (QED) is 0.691. The molecular formula is C21H19N3OS. The van der Waals surface area contributed by atoms with E-state index in [4.69, 9.17) is 0 Å². The van der Waals surface area contributed by atoms with Crippen molar-refractivity contribution in [2.24, 2.45) is 12.0 Å². The second-order valence-electron chi connectivity index (χ2n) is 6.21. The summed E-state index contributed by atoms with van der Waals surface area (Å²) in [6, 6.07) is 16.3. The highest BCUT2D eigenvalue weighted by molar-refractivity contribution is 8.18. The molecule has 1 aromatic heterocycles. The first-order valence-electron chi connectivity index (χ1n) is 8.56. The molecule has 4 rings (SSSR count). The number of amidine groups is 1. The molecule has 1 N–H and O–H groups in total. The third-order valence-electron chi connectivity index (χ3n) is 4.44. The molecule has 1 amide bonds. The van der Waals surface area contributed by atoms with E-state index >= 15 is 0 Å². The Balaban J connectivity index is 1.62. The van der Waals surface area contributed by atoms with Gasteiger partial charge < -0.3 is 9.88 Å². The first kappa shape index (κ1) is 16.7. The third kappa shape index (κ3) is 3.18. The molecular weight excluding hydrogens is 342 g/mol. The number of thioether (sulfide) groups is 1. The number of fused-ring (bicyclic) bond motifs is 1. The van der Waals surface area contributed by atoms with Crippen molar-refractivity contribution in [3.63, 3.8) is 0 Å². The molecule has 26 heavy (non-hydrogen) atoms. The van der Waals surface area contributed by atoms with E-state index in [1.54, 1.807) is 0 Å². The molecule has 0 spiro atoms.